The lowest BCUT2D eigenvalue weighted by atomic mass is 10.2. The Hall–Kier alpha value is -1.76. The number of nitrogen functional groups attached to an aromatic ring is 1. The number of amides is 1. The van der Waals surface area contributed by atoms with E-state index in [1.54, 1.807) is 0 Å². The summed E-state index contributed by atoms with van der Waals surface area (Å²) in [4.78, 5) is 11.3. The van der Waals surface area contributed by atoms with Gasteiger partial charge in [0.25, 0.3) is 6.43 Å². The molecule has 18 heavy (non-hydrogen) atoms. The number of nitrogens with one attached hydrogen (secondary N) is 1. The Morgan fingerprint density at radius 2 is 2.17 bits per heavy atom. The molecule has 0 bridgehead atoms. The van der Waals surface area contributed by atoms with Crippen molar-refractivity contribution in [3.05, 3.63) is 24.0 Å². The van der Waals surface area contributed by atoms with Crippen molar-refractivity contribution < 1.29 is 22.7 Å². The van der Waals surface area contributed by atoms with Gasteiger partial charge in [0.1, 0.15) is 12.4 Å². The van der Waals surface area contributed by atoms with E-state index >= 15 is 0 Å². The van der Waals surface area contributed by atoms with E-state index in [0.29, 0.717) is 5.69 Å². The lowest BCUT2D eigenvalue weighted by molar-refractivity contribution is -0.117. The molecule has 0 aliphatic heterocycles. The zero-order chi connectivity index (χ0) is 13.5. The van der Waals surface area contributed by atoms with E-state index in [1.165, 1.54) is 12.1 Å². The number of nitrogens with two attached hydrogens (primary N) is 1. The Morgan fingerprint density at radius 3 is 2.78 bits per heavy atom. The Labute approximate surface area is 102 Å². The summed E-state index contributed by atoms with van der Waals surface area (Å²) in [7, 11) is 0. The first-order valence-corrected chi connectivity index (χ1v) is 5.20. The number of halogens is 3. The number of anilines is 2. The fourth-order valence-corrected chi connectivity index (χ4v) is 1.18. The third kappa shape index (κ3) is 5.05. The summed E-state index contributed by atoms with van der Waals surface area (Å²) in [5.41, 5.74) is 5.58. The lowest BCUT2D eigenvalue weighted by Crippen LogP contribution is -2.15. The van der Waals surface area contributed by atoms with Crippen molar-refractivity contribution in [3.63, 3.8) is 0 Å². The van der Waals surface area contributed by atoms with Crippen molar-refractivity contribution in [2.75, 3.05) is 24.3 Å². The van der Waals surface area contributed by atoms with E-state index < -0.39 is 24.8 Å². The van der Waals surface area contributed by atoms with Crippen molar-refractivity contribution in [3.8, 4) is 0 Å². The van der Waals surface area contributed by atoms with Crippen LogP contribution in [0.5, 0.6) is 0 Å². The van der Waals surface area contributed by atoms with Gasteiger partial charge in [-0.05, 0) is 18.2 Å². The summed E-state index contributed by atoms with van der Waals surface area (Å²) in [5.74, 6) is -0.997. The number of carbonyl (C=O) groups excluding carboxylic acids is 1. The van der Waals surface area contributed by atoms with Crippen molar-refractivity contribution in [1.82, 2.24) is 0 Å². The highest BCUT2D eigenvalue weighted by atomic mass is 19.3. The SMILES string of the molecule is Nc1cc(NC(=O)CCOCC(F)F)ccc1F. The Balaban J connectivity index is 2.33. The van der Waals surface area contributed by atoms with Gasteiger partial charge in [-0.25, -0.2) is 13.2 Å². The van der Waals surface area contributed by atoms with Gasteiger partial charge >= 0.3 is 0 Å². The van der Waals surface area contributed by atoms with Crippen LogP contribution in [-0.4, -0.2) is 25.5 Å². The number of benzene rings is 1. The highest BCUT2D eigenvalue weighted by Gasteiger charge is 2.06. The monoisotopic (exact) mass is 262 g/mol. The summed E-state index contributed by atoms with van der Waals surface area (Å²) in [6.07, 6.45) is -2.62. The predicted molar refractivity (Wildman–Crippen MR) is 60.9 cm³/mol. The molecule has 0 atom stereocenters. The molecule has 3 N–H and O–H groups in total. The van der Waals surface area contributed by atoms with Gasteiger partial charge in [0.05, 0.1) is 18.7 Å². The molecule has 0 aromatic heterocycles. The van der Waals surface area contributed by atoms with E-state index in [2.05, 4.69) is 10.1 Å². The van der Waals surface area contributed by atoms with Crippen LogP contribution in [0.4, 0.5) is 24.5 Å². The molecule has 0 fully saturated rings. The fourth-order valence-electron chi connectivity index (χ4n) is 1.18. The van der Waals surface area contributed by atoms with E-state index in [1.807, 2.05) is 0 Å². The Morgan fingerprint density at radius 1 is 1.44 bits per heavy atom. The molecule has 7 heteroatoms. The van der Waals surface area contributed by atoms with Crippen molar-refractivity contribution >= 4 is 17.3 Å². The number of ether oxygens (including phenoxy) is 1. The van der Waals surface area contributed by atoms with Crippen LogP contribution in [-0.2, 0) is 9.53 Å². The first kappa shape index (κ1) is 14.3. The minimum absolute atomic E-state index is 0.0655. The standard InChI is InChI=1S/C11H13F3N2O2/c12-8-2-1-7(5-9(8)15)16-11(17)3-4-18-6-10(13)14/h1-2,5,10H,3-4,6,15H2,(H,16,17). The smallest absolute Gasteiger partial charge is 0.261 e. The Bertz CT molecular complexity index is 413. The third-order valence-electron chi connectivity index (χ3n) is 2.00. The average Bonchev–Trinajstić information content (AvgIpc) is 2.29. The van der Waals surface area contributed by atoms with E-state index in [-0.39, 0.29) is 18.7 Å². The first-order valence-electron chi connectivity index (χ1n) is 5.20. The molecular formula is C11H13F3N2O2. The van der Waals surface area contributed by atoms with E-state index in [9.17, 15) is 18.0 Å². The summed E-state index contributed by atoms with van der Waals surface area (Å²) in [5, 5.41) is 2.44. The van der Waals surface area contributed by atoms with Gasteiger partial charge in [-0.2, -0.15) is 0 Å². The maximum atomic E-state index is 12.8. The third-order valence-corrected chi connectivity index (χ3v) is 2.00. The maximum absolute atomic E-state index is 12.8. The molecule has 0 spiro atoms. The van der Waals surface area contributed by atoms with E-state index in [4.69, 9.17) is 5.73 Å². The topological polar surface area (TPSA) is 64.3 Å². The van der Waals surface area contributed by atoms with Gasteiger partial charge in [-0.15, -0.1) is 0 Å². The summed E-state index contributed by atoms with van der Waals surface area (Å²) < 4.78 is 40.8. The van der Waals surface area contributed by atoms with Gasteiger partial charge < -0.3 is 15.8 Å². The zero-order valence-electron chi connectivity index (χ0n) is 9.46. The molecule has 1 aromatic rings. The Kier molecular flexibility index (Phi) is 5.44. The number of carbonyl (C=O) groups is 1. The highest BCUT2D eigenvalue weighted by molar-refractivity contribution is 5.91. The van der Waals surface area contributed by atoms with Crippen LogP contribution >= 0.6 is 0 Å². The van der Waals surface area contributed by atoms with Gasteiger partial charge in [0, 0.05) is 5.69 Å². The second-order valence-corrected chi connectivity index (χ2v) is 3.50. The second kappa shape index (κ2) is 6.85. The molecule has 0 saturated heterocycles. The molecule has 0 radical (unpaired) electrons. The maximum Gasteiger partial charge on any atom is 0.261 e. The van der Waals surface area contributed by atoms with E-state index in [0.717, 1.165) is 6.07 Å². The predicted octanol–water partition coefficient (Wildman–Crippen LogP) is 2.02. The average molecular weight is 262 g/mol. The van der Waals surface area contributed by atoms with Gasteiger partial charge in [0.2, 0.25) is 5.91 Å². The number of alkyl halides is 2. The van der Waals surface area contributed by atoms with Crippen LogP contribution in [0.25, 0.3) is 0 Å². The molecule has 0 aliphatic carbocycles. The molecule has 0 heterocycles. The van der Waals surface area contributed by atoms with Crippen LogP contribution in [0.15, 0.2) is 18.2 Å². The van der Waals surface area contributed by atoms with Crippen LogP contribution in [0.2, 0.25) is 0 Å². The molecule has 1 amide bonds. The number of rotatable bonds is 6. The minimum atomic E-state index is -2.55. The van der Waals surface area contributed by atoms with Crippen molar-refractivity contribution in [2.24, 2.45) is 0 Å². The molecule has 0 saturated carbocycles. The largest absolute Gasteiger partial charge is 0.396 e. The zero-order valence-corrected chi connectivity index (χ0v) is 9.46. The first-order chi connectivity index (χ1) is 8.49. The van der Waals surface area contributed by atoms with Crippen LogP contribution < -0.4 is 11.1 Å². The summed E-state index contributed by atoms with van der Waals surface area (Å²) in [6.45, 7) is -0.802. The molecule has 4 nitrogen and oxygen atoms in total. The number of hydrogen-bond acceptors (Lipinski definition) is 3. The minimum Gasteiger partial charge on any atom is -0.396 e. The molecule has 100 valence electrons. The van der Waals surface area contributed by atoms with Crippen molar-refractivity contribution in [2.45, 2.75) is 12.8 Å². The van der Waals surface area contributed by atoms with Gasteiger partial charge in [-0.1, -0.05) is 0 Å². The lowest BCUT2D eigenvalue weighted by Gasteiger charge is -2.07. The van der Waals surface area contributed by atoms with Gasteiger partial charge in [0.15, 0.2) is 0 Å². The fraction of sp³-hybridized carbons (Fsp3) is 0.364. The molecule has 0 unspecified atom stereocenters. The summed E-state index contributed by atoms with van der Waals surface area (Å²) in [6, 6.07) is 3.75. The number of hydrogen-bond donors (Lipinski definition) is 2. The summed E-state index contributed by atoms with van der Waals surface area (Å²) >= 11 is 0. The molecule has 1 aromatic carbocycles. The van der Waals surface area contributed by atoms with Gasteiger partial charge in [-0.3, -0.25) is 4.79 Å². The highest BCUT2D eigenvalue weighted by Crippen LogP contribution is 2.16. The van der Waals surface area contributed by atoms with Crippen molar-refractivity contribution in [1.29, 1.82) is 0 Å². The second-order valence-electron chi connectivity index (χ2n) is 3.50. The van der Waals surface area contributed by atoms with Crippen LogP contribution in [0.3, 0.4) is 0 Å². The molecular weight excluding hydrogens is 249 g/mol. The van der Waals surface area contributed by atoms with Crippen LogP contribution in [0, 0.1) is 5.82 Å². The van der Waals surface area contributed by atoms with Crippen LogP contribution in [0.1, 0.15) is 6.42 Å². The molecule has 1 rings (SSSR count). The molecule has 0 aliphatic rings. The quantitative estimate of drug-likeness (QED) is 0.609. The normalized spacial score (nSPS) is 10.7.